The van der Waals surface area contributed by atoms with Gasteiger partial charge in [0.1, 0.15) is 0 Å². The number of nitrogens with zero attached hydrogens (tertiary/aromatic N) is 1. The molecule has 0 aromatic carbocycles. The lowest BCUT2D eigenvalue weighted by Crippen LogP contribution is -2.33. The molecular weight excluding hydrogens is 124 g/mol. The smallest absolute Gasteiger partial charge is 0.197 e. The summed E-state index contributed by atoms with van der Waals surface area (Å²) in [7, 11) is 0. The fourth-order valence-corrected chi connectivity index (χ4v) is 0.900. The van der Waals surface area contributed by atoms with Gasteiger partial charge in [0.15, 0.2) is 5.17 Å². The number of hydrogen-bond acceptors (Lipinski definition) is 5. The van der Waals surface area contributed by atoms with Crippen molar-refractivity contribution in [3.63, 3.8) is 0 Å². The largest absolute Gasteiger partial charge is 0.280 e. The summed E-state index contributed by atoms with van der Waals surface area (Å²) in [5, 5.41) is 4.73. The van der Waals surface area contributed by atoms with Gasteiger partial charge in [-0.05, 0) is 5.75 Å². The number of hydrogen-bond donors (Lipinski definition) is 3. The normalized spacial score (nSPS) is 16.9. The van der Waals surface area contributed by atoms with Crippen LogP contribution in [0.1, 0.15) is 6.92 Å². The molecule has 4 nitrogen and oxygen atoms in total. The first-order valence-electron chi connectivity index (χ1n) is 2.40. The summed E-state index contributed by atoms with van der Waals surface area (Å²) < 4.78 is 0. The maximum atomic E-state index is 3.83. The average molecular weight is 132 g/mol. The van der Waals surface area contributed by atoms with Gasteiger partial charge in [-0.2, -0.15) is 0 Å². The van der Waals surface area contributed by atoms with Gasteiger partial charge < -0.3 is 0 Å². The fourth-order valence-electron chi connectivity index (χ4n) is 0.393. The quantitative estimate of drug-likeness (QED) is 0.455. The van der Waals surface area contributed by atoms with Gasteiger partial charge in [0.05, 0.1) is 0 Å². The van der Waals surface area contributed by atoms with Crippen molar-refractivity contribution in [2.45, 2.75) is 6.92 Å². The summed E-state index contributed by atoms with van der Waals surface area (Å²) in [5.74, 6) is 1.04. The Bertz CT molecular complexity index is 101. The van der Waals surface area contributed by atoms with Gasteiger partial charge in [-0.1, -0.05) is 18.7 Å². The van der Waals surface area contributed by atoms with Gasteiger partial charge in [0.2, 0.25) is 0 Å². The van der Waals surface area contributed by atoms with E-state index in [4.69, 9.17) is 0 Å². The predicted octanol–water partition coefficient (Wildman–Crippen LogP) is -0.377. The Kier molecular flexibility index (Phi) is 1.99. The van der Waals surface area contributed by atoms with E-state index in [-0.39, 0.29) is 0 Å². The molecular formula is C3H8N4S. The van der Waals surface area contributed by atoms with E-state index in [9.17, 15) is 0 Å². The highest BCUT2D eigenvalue weighted by Gasteiger charge is 2.00. The number of thioether (sulfide) groups is 1. The fraction of sp³-hybridized carbons (Fsp3) is 0.667. The van der Waals surface area contributed by atoms with Crippen LogP contribution in [-0.2, 0) is 0 Å². The molecule has 0 amide bonds. The van der Waals surface area contributed by atoms with E-state index >= 15 is 0 Å². The maximum absolute atomic E-state index is 3.83. The van der Waals surface area contributed by atoms with Crippen LogP contribution in [0.2, 0.25) is 0 Å². The number of rotatable bonds is 1. The molecule has 5 heteroatoms. The first kappa shape index (κ1) is 5.71. The monoisotopic (exact) mass is 132 g/mol. The Balaban J connectivity index is 2.23. The lowest BCUT2D eigenvalue weighted by molar-refractivity contribution is 0.578. The second kappa shape index (κ2) is 2.78. The first-order valence-corrected chi connectivity index (χ1v) is 3.38. The van der Waals surface area contributed by atoms with Crippen molar-refractivity contribution in [3.05, 3.63) is 0 Å². The molecule has 0 fully saturated rings. The van der Waals surface area contributed by atoms with Crippen LogP contribution in [0.5, 0.6) is 0 Å². The van der Waals surface area contributed by atoms with Gasteiger partial charge in [-0.3, -0.25) is 5.43 Å². The molecule has 0 radical (unpaired) electrons. The van der Waals surface area contributed by atoms with E-state index in [1.165, 1.54) is 0 Å². The highest BCUT2D eigenvalue weighted by Crippen LogP contribution is 1.99. The summed E-state index contributed by atoms with van der Waals surface area (Å²) in [5.41, 5.74) is 8.01. The topological polar surface area (TPSA) is 48.5 Å². The van der Waals surface area contributed by atoms with Crippen LogP contribution in [0.3, 0.4) is 0 Å². The zero-order chi connectivity index (χ0) is 5.82. The third kappa shape index (κ3) is 1.28. The van der Waals surface area contributed by atoms with Crippen molar-refractivity contribution >= 4 is 16.9 Å². The highest BCUT2D eigenvalue weighted by atomic mass is 32.2. The van der Waals surface area contributed by atoms with E-state index in [1.807, 2.05) is 0 Å². The minimum atomic E-state index is 0.896. The SMILES string of the molecule is CCSC1=NNNN1. The molecule has 1 aliphatic heterocycles. The van der Waals surface area contributed by atoms with Crippen molar-refractivity contribution in [1.82, 2.24) is 16.5 Å². The van der Waals surface area contributed by atoms with Gasteiger partial charge >= 0.3 is 0 Å². The number of nitrogens with one attached hydrogen (secondary N) is 3. The average Bonchev–Trinajstić information content (AvgIpc) is 2.19. The third-order valence-electron chi connectivity index (χ3n) is 0.664. The van der Waals surface area contributed by atoms with Crippen LogP contribution < -0.4 is 16.5 Å². The second-order valence-electron chi connectivity index (χ2n) is 1.21. The van der Waals surface area contributed by atoms with E-state index in [1.54, 1.807) is 11.8 Å². The molecule has 8 heavy (non-hydrogen) atoms. The van der Waals surface area contributed by atoms with Crippen LogP contribution in [0.25, 0.3) is 0 Å². The molecule has 0 bridgehead atoms. The van der Waals surface area contributed by atoms with Crippen LogP contribution in [-0.4, -0.2) is 10.9 Å². The Hall–Kier alpha value is -0.420. The van der Waals surface area contributed by atoms with Crippen molar-refractivity contribution in [1.29, 1.82) is 0 Å². The lowest BCUT2D eigenvalue weighted by atomic mass is 11.0. The Labute approximate surface area is 52.0 Å². The summed E-state index contributed by atoms with van der Waals surface area (Å²) >= 11 is 1.65. The van der Waals surface area contributed by atoms with E-state index in [0.29, 0.717) is 0 Å². The van der Waals surface area contributed by atoms with E-state index in [2.05, 4.69) is 28.5 Å². The lowest BCUT2D eigenvalue weighted by Gasteiger charge is -1.93. The Morgan fingerprint density at radius 3 is 3.12 bits per heavy atom. The van der Waals surface area contributed by atoms with Crippen LogP contribution in [0.4, 0.5) is 0 Å². The molecule has 1 rings (SSSR count). The minimum absolute atomic E-state index is 0.896. The Morgan fingerprint density at radius 1 is 1.75 bits per heavy atom. The van der Waals surface area contributed by atoms with Gasteiger partial charge in [0, 0.05) is 0 Å². The van der Waals surface area contributed by atoms with E-state index < -0.39 is 0 Å². The highest BCUT2D eigenvalue weighted by molar-refractivity contribution is 8.13. The molecule has 3 N–H and O–H groups in total. The van der Waals surface area contributed by atoms with Crippen LogP contribution in [0.15, 0.2) is 5.10 Å². The van der Waals surface area contributed by atoms with E-state index in [0.717, 1.165) is 10.9 Å². The molecule has 0 saturated heterocycles. The number of hydrazone groups is 1. The summed E-state index contributed by atoms with van der Waals surface area (Å²) in [6, 6.07) is 0. The third-order valence-corrected chi connectivity index (χ3v) is 1.42. The molecule has 1 heterocycles. The van der Waals surface area contributed by atoms with Crippen molar-refractivity contribution in [3.8, 4) is 0 Å². The van der Waals surface area contributed by atoms with Crippen molar-refractivity contribution in [2.75, 3.05) is 5.75 Å². The standard InChI is InChI=1S/C3H8N4S/c1-2-8-3-4-6-7-5-3/h6-7H,2H2,1H3,(H,4,5). The van der Waals surface area contributed by atoms with Crippen LogP contribution >= 0.6 is 11.8 Å². The minimum Gasteiger partial charge on any atom is -0.280 e. The predicted molar refractivity (Wildman–Crippen MR) is 35.0 cm³/mol. The van der Waals surface area contributed by atoms with Gasteiger partial charge in [-0.25, -0.2) is 5.53 Å². The van der Waals surface area contributed by atoms with Gasteiger partial charge in [0.25, 0.3) is 0 Å². The molecule has 0 saturated carbocycles. The molecule has 0 aliphatic carbocycles. The number of amidine groups is 1. The van der Waals surface area contributed by atoms with Crippen molar-refractivity contribution in [2.24, 2.45) is 5.10 Å². The summed E-state index contributed by atoms with van der Waals surface area (Å²) in [6.45, 7) is 2.08. The molecule has 0 unspecified atom stereocenters. The molecule has 0 aromatic rings. The molecule has 0 atom stereocenters. The molecule has 0 spiro atoms. The molecule has 1 aliphatic rings. The zero-order valence-corrected chi connectivity index (χ0v) is 5.38. The Morgan fingerprint density at radius 2 is 2.62 bits per heavy atom. The molecule has 46 valence electrons. The number of hydrazine groups is 2. The second-order valence-corrected chi connectivity index (χ2v) is 2.46. The zero-order valence-electron chi connectivity index (χ0n) is 4.56. The van der Waals surface area contributed by atoms with Crippen LogP contribution in [0, 0.1) is 0 Å². The summed E-state index contributed by atoms with van der Waals surface area (Å²) in [4.78, 5) is 0. The maximum Gasteiger partial charge on any atom is 0.197 e. The summed E-state index contributed by atoms with van der Waals surface area (Å²) in [6.07, 6.45) is 0. The molecule has 0 aromatic heterocycles. The first-order chi connectivity index (χ1) is 3.93. The van der Waals surface area contributed by atoms with Crippen molar-refractivity contribution < 1.29 is 0 Å². The van der Waals surface area contributed by atoms with Gasteiger partial charge in [-0.15, -0.1) is 10.6 Å².